The third kappa shape index (κ3) is 6.38. The van der Waals surface area contributed by atoms with Crippen molar-refractivity contribution < 1.29 is 23.8 Å². The largest absolute Gasteiger partial charge is 0.493 e. The second-order valence-electron chi connectivity index (χ2n) is 8.60. The van der Waals surface area contributed by atoms with Gasteiger partial charge in [0.1, 0.15) is 18.2 Å². The smallest absolute Gasteiger partial charge is 0.337 e. The molecule has 0 saturated heterocycles. The fraction of sp³-hybridized carbons (Fsp3) is 0.129. The Kier molecular flexibility index (Phi) is 8.84. The third-order valence-electron chi connectivity index (χ3n) is 6.13. The van der Waals surface area contributed by atoms with Crippen LogP contribution in [0.25, 0.3) is 16.8 Å². The molecule has 1 N–H and O–H groups in total. The first kappa shape index (κ1) is 27.7. The Labute approximate surface area is 240 Å². The molecule has 0 radical (unpaired) electrons. The molecule has 4 aromatic carbocycles. The Bertz CT molecular complexity index is 1620. The maximum absolute atomic E-state index is 12.8. The minimum atomic E-state index is -0.580. The maximum Gasteiger partial charge on any atom is 0.337 e. The number of benzene rings is 4. The van der Waals surface area contributed by atoms with E-state index < -0.39 is 11.9 Å². The van der Waals surface area contributed by atoms with Crippen LogP contribution >= 0.6 is 22.6 Å². The van der Waals surface area contributed by atoms with Gasteiger partial charge in [-0.05, 0) is 93.9 Å². The molecule has 0 fully saturated rings. The van der Waals surface area contributed by atoms with Crippen LogP contribution in [-0.4, -0.2) is 26.1 Å². The summed E-state index contributed by atoms with van der Waals surface area (Å²) in [5, 5.41) is 14.6. The minimum absolute atomic E-state index is 0.0926. The summed E-state index contributed by atoms with van der Waals surface area (Å²) in [4.78, 5) is 24.4. The van der Waals surface area contributed by atoms with E-state index in [-0.39, 0.29) is 5.57 Å². The van der Waals surface area contributed by atoms with Crippen LogP contribution in [0, 0.1) is 21.8 Å². The van der Waals surface area contributed by atoms with Crippen LogP contribution in [0.3, 0.4) is 0 Å². The van der Waals surface area contributed by atoms with Crippen LogP contribution < -0.4 is 14.8 Å². The lowest BCUT2D eigenvalue weighted by molar-refractivity contribution is -0.112. The van der Waals surface area contributed by atoms with E-state index in [2.05, 4.69) is 63.8 Å². The van der Waals surface area contributed by atoms with Crippen LogP contribution in [0.4, 0.5) is 5.69 Å². The van der Waals surface area contributed by atoms with Gasteiger partial charge in [0.05, 0.1) is 23.4 Å². The summed E-state index contributed by atoms with van der Waals surface area (Å²) in [6.45, 7) is 2.42. The number of anilines is 1. The molecule has 196 valence electrons. The highest BCUT2D eigenvalue weighted by Crippen LogP contribution is 2.36. The molecule has 0 aliphatic carbocycles. The van der Waals surface area contributed by atoms with Crippen molar-refractivity contribution in [3.63, 3.8) is 0 Å². The van der Waals surface area contributed by atoms with Crippen LogP contribution in [0.5, 0.6) is 11.5 Å². The summed E-state index contributed by atoms with van der Waals surface area (Å²) in [5.41, 5.74) is 3.53. The lowest BCUT2D eigenvalue weighted by Crippen LogP contribution is -2.13. The van der Waals surface area contributed by atoms with E-state index >= 15 is 0 Å². The van der Waals surface area contributed by atoms with E-state index in [1.807, 2.05) is 24.3 Å². The summed E-state index contributed by atoms with van der Waals surface area (Å²) in [6, 6.07) is 24.0. The predicted molar refractivity (Wildman–Crippen MR) is 159 cm³/mol. The number of carbonyl (C=O) groups is 2. The van der Waals surface area contributed by atoms with Crippen molar-refractivity contribution in [2.45, 2.75) is 13.5 Å². The van der Waals surface area contributed by atoms with E-state index in [1.165, 1.54) is 25.3 Å². The van der Waals surface area contributed by atoms with Crippen molar-refractivity contribution in [3.8, 4) is 17.6 Å². The van der Waals surface area contributed by atoms with Crippen LogP contribution in [0.15, 0.2) is 78.4 Å². The Hall–Kier alpha value is -4.36. The van der Waals surface area contributed by atoms with Gasteiger partial charge < -0.3 is 19.5 Å². The van der Waals surface area contributed by atoms with Gasteiger partial charge >= 0.3 is 5.97 Å². The molecule has 8 heteroatoms. The van der Waals surface area contributed by atoms with Crippen LogP contribution in [0.1, 0.15) is 27.0 Å². The molecule has 0 atom stereocenters. The number of hydrogen-bond donors (Lipinski definition) is 1. The van der Waals surface area contributed by atoms with Gasteiger partial charge in [-0.25, -0.2) is 4.79 Å². The molecule has 1 amide bonds. The van der Waals surface area contributed by atoms with E-state index in [0.717, 1.165) is 25.5 Å². The Balaban J connectivity index is 1.55. The zero-order valence-corrected chi connectivity index (χ0v) is 23.7. The van der Waals surface area contributed by atoms with Gasteiger partial charge in [0.25, 0.3) is 5.91 Å². The second-order valence-corrected chi connectivity index (χ2v) is 9.76. The third-order valence-corrected chi connectivity index (χ3v) is 6.93. The quantitative estimate of drug-likeness (QED) is 0.101. The molecule has 7 nitrogen and oxygen atoms in total. The first-order valence-corrected chi connectivity index (χ1v) is 13.0. The fourth-order valence-corrected chi connectivity index (χ4v) is 4.85. The van der Waals surface area contributed by atoms with Crippen molar-refractivity contribution in [2.24, 2.45) is 0 Å². The molecule has 39 heavy (non-hydrogen) atoms. The summed E-state index contributed by atoms with van der Waals surface area (Å²) in [6.07, 6.45) is 1.49. The topological polar surface area (TPSA) is 97.7 Å². The van der Waals surface area contributed by atoms with E-state index in [1.54, 1.807) is 25.3 Å². The molecule has 0 aliphatic heterocycles. The number of nitrogens with one attached hydrogen (secondary N) is 1. The number of rotatable bonds is 8. The number of fused-ring (bicyclic) bond motifs is 1. The van der Waals surface area contributed by atoms with Crippen molar-refractivity contribution in [1.29, 1.82) is 5.26 Å². The molecule has 0 unspecified atom stereocenters. The minimum Gasteiger partial charge on any atom is -0.493 e. The average molecular weight is 632 g/mol. The molecular formula is C31H25IN2O5. The summed E-state index contributed by atoms with van der Waals surface area (Å²) >= 11 is 2.16. The SMILES string of the molecule is COC(=O)c1ccc(NC(=O)/C(C#N)=C/c2cc(I)c(OCc3c(C)ccc4ccccc34)c(OC)c2)cc1. The molecule has 0 heterocycles. The van der Waals surface area contributed by atoms with Gasteiger partial charge in [0.15, 0.2) is 11.5 Å². The molecule has 0 aromatic heterocycles. The monoisotopic (exact) mass is 632 g/mol. The number of aryl methyl sites for hydroxylation is 1. The Morgan fingerprint density at radius 2 is 1.77 bits per heavy atom. The average Bonchev–Trinajstić information content (AvgIpc) is 2.95. The number of nitriles is 1. The molecular weight excluding hydrogens is 607 g/mol. The molecule has 0 spiro atoms. The normalized spacial score (nSPS) is 11.0. The van der Waals surface area contributed by atoms with Gasteiger partial charge in [-0.1, -0.05) is 36.4 Å². The fourth-order valence-electron chi connectivity index (χ4n) is 4.07. The number of methoxy groups -OCH3 is 2. The van der Waals surface area contributed by atoms with Gasteiger partial charge in [-0.15, -0.1) is 0 Å². The molecule has 0 saturated carbocycles. The van der Waals surface area contributed by atoms with Crippen molar-refractivity contribution in [1.82, 2.24) is 0 Å². The highest BCUT2D eigenvalue weighted by Gasteiger charge is 2.16. The van der Waals surface area contributed by atoms with Crippen molar-refractivity contribution in [2.75, 3.05) is 19.5 Å². The van der Waals surface area contributed by atoms with Gasteiger partial charge in [0.2, 0.25) is 0 Å². The number of esters is 1. The first-order chi connectivity index (χ1) is 18.8. The number of nitrogens with zero attached hydrogens (tertiary/aromatic N) is 1. The first-order valence-electron chi connectivity index (χ1n) is 11.9. The second kappa shape index (κ2) is 12.5. The number of hydrogen-bond acceptors (Lipinski definition) is 6. The van der Waals surface area contributed by atoms with Gasteiger partial charge in [-0.3, -0.25) is 4.79 Å². The number of ether oxygens (including phenoxy) is 3. The van der Waals surface area contributed by atoms with Gasteiger partial charge in [-0.2, -0.15) is 5.26 Å². The highest BCUT2D eigenvalue weighted by molar-refractivity contribution is 14.1. The molecule has 4 rings (SSSR count). The number of halogens is 1. The zero-order valence-electron chi connectivity index (χ0n) is 21.6. The van der Waals surface area contributed by atoms with Crippen molar-refractivity contribution in [3.05, 3.63) is 104 Å². The highest BCUT2D eigenvalue weighted by atomic mass is 127. The van der Waals surface area contributed by atoms with E-state index in [0.29, 0.717) is 34.9 Å². The van der Waals surface area contributed by atoms with Crippen LogP contribution in [-0.2, 0) is 16.1 Å². The summed E-state index contributed by atoms with van der Waals surface area (Å²) < 4.78 is 17.3. The van der Waals surface area contributed by atoms with Gasteiger partial charge in [0, 0.05) is 11.3 Å². The summed E-state index contributed by atoms with van der Waals surface area (Å²) in [7, 11) is 2.84. The Morgan fingerprint density at radius 1 is 1.03 bits per heavy atom. The van der Waals surface area contributed by atoms with Crippen LogP contribution in [0.2, 0.25) is 0 Å². The van der Waals surface area contributed by atoms with E-state index in [9.17, 15) is 14.9 Å². The molecule has 0 bridgehead atoms. The lowest BCUT2D eigenvalue weighted by atomic mass is 10.0. The lowest BCUT2D eigenvalue weighted by Gasteiger charge is -2.16. The number of carbonyl (C=O) groups excluding carboxylic acids is 2. The number of amides is 1. The Morgan fingerprint density at radius 3 is 2.46 bits per heavy atom. The standard InChI is InChI=1S/C31H25IN2O5/c1-19-8-9-21-6-4-5-7-25(21)26(19)18-39-29-27(32)15-20(16-28(29)37-2)14-23(17-33)30(35)34-24-12-10-22(11-13-24)31(36)38-3/h4-16H,18H2,1-3H3,(H,34,35)/b23-14+. The maximum atomic E-state index is 12.8. The predicted octanol–water partition coefficient (Wildman–Crippen LogP) is 6.67. The van der Waals surface area contributed by atoms with Crippen molar-refractivity contribution >= 4 is 57.0 Å². The molecule has 0 aliphatic rings. The van der Waals surface area contributed by atoms with E-state index in [4.69, 9.17) is 9.47 Å². The summed E-state index contributed by atoms with van der Waals surface area (Å²) in [5.74, 6) is 0.0103. The molecule has 4 aromatic rings. The zero-order chi connectivity index (χ0) is 27.9.